The van der Waals surface area contributed by atoms with Gasteiger partial charge in [0.2, 0.25) is 0 Å². The van der Waals surface area contributed by atoms with Crippen molar-refractivity contribution in [1.82, 2.24) is 15.0 Å². The average Bonchev–Trinajstić information content (AvgIpc) is 2.89. The van der Waals surface area contributed by atoms with Gasteiger partial charge in [-0.25, -0.2) is 15.0 Å². The van der Waals surface area contributed by atoms with E-state index < -0.39 is 0 Å². The number of anilines is 1. The molecule has 96 valence electrons. The Hall–Kier alpha value is -1.76. The van der Waals surface area contributed by atoms with E-state index in [2.05, 4.69) is 27.2 Å². The second kappa shape index (κ2) is 6.25. The number of hydrogen-bond donors (Lipinski definition) is 1. The third kappa shape index (κ3) is 2.92. The second-order valence-corrected chi connectivity index (χ2v) is 4.33. The summed E-state index contributed by atoms with van der Waals surface area (Å²) in [6, 6.07) is 0. The Labute approximate surface area is 109 Å². The lowest BCUT2D eigenvalue weighted by atomic mass is 10.4. The smallest absolute Gasteiger partial charge is 0.262 e. The molecule has 0 atom stereocenters. The Morgan fingerprint density at radius 2 is 2.28 bits per heavy atom. The van der Waals surface area contributed by atoms with Crippen LogP contribution in [0.15, 0.2) is 33.5 Å². The van der Waals surface area contributed by atoms with Crippen molar-refractivity contribution < 1.29 is 9.15 Å². The first kappa shape index (κ1) is 12.7. The summed E-state index contributed by atoms with van der Waals surface area (Å²) in [7, 11) is 1.59. The van der Waals surface area contributed by atoms with Crippen LogP contribution in [0.25, 0.3) is 0 Å². The molecule has 0 saturated heterocycles. The van der Waals surface area contributed by atoms with Crippen LogP contribution in [-0.4, -0.2) is 28.6 Å². The highest BCUT2D eigenvalue weighted by atomic mass is 32.2. The molecule has 6 nitrogen and oxygen atoms in total. The molecule has 2 aromatic heterocycles. The van der Waals surface area contributed by atoms with Gasteiger partial charge < -0.3 is 14.5 Å². The van der Waals surface area contributed by atoms with Gasteiger partial charge in [-0.15, -0.1) is 0 Å². The van der Waals surface area contributed by atoms with Crippen molar-refractivity contribution in [2.24, 2.45) is 0 Å². The van der Waals surface area contributed by atoms with Gasteiger partial charge in [-0.3, -0.25) is 0 Å². The van der Waals surface area contributed by atoms with Crippen molar-refractivity contribution in [1.29, 1.82) is 0 Å². The van der Waals surface area contributed by atoms with Crippen LogP contribution >= 0.6 is 11.8 Å². The van der Waals surface area contributed by atoms with Crippen LogP contribution < -0.4 is 10.1 Å². The second-order valence-electron chi connectivity index (χ2n) is 3.39. The van der Waals surface area contributed by atoms with Gasteiger partial charge in [0, 0.05) is 6.54 Å². The number of rotatable bonds is 6. The summed E-state index contributed by atoms with van der Waals surface area (Å²) in [6.45, 7) is 2.92. The van der Waals surface area contributed by atoms with Crippen LogP contribution in [0.4, 0.5) is 5.82 Å². The van der Waals surface area contributed by atoms with Crippen molar-refractivity contribution in [2.45, 2.75) is 23.6 Å². The number of methoxy groups -OCH3 is 1. The summed E-state index contributed by atoms with van der Waals surface area (Å²) >= 11 is 1.30. The van der Waals surface area contributed by atoms with Gasteiger partial charge in [-0.2, -0.15) is 0 Å². The zero-order chi connectivity index (χ0) is 12.8. The standard InChI is InChI=1S/C11H14N4O2S/c1-3-4-12-9-8(16-2)10(15-7-14-9)18-11-13-5-6-17-11/h5-7H,3-4H2,1-2H3,(H,12,14,15). The average molecular weight is 266 g/mol. The summed E-state index contributed by atoms with van der Waals surface area (Å²) in [5.74, 6) is 1.29. The number of nitrogens with one attached hydrogen (secondary N) is 1. The molecule has 0 bridgehead atoms. The normalized spacial score (nSPS) is 10.3. The molecule has 18 heavy (non-hydrogen) atoms. The molecule has 0 spiro atoms. The molecule has 0 unspecified atom stereocenters. The summed E-state index contributed by atoms with van der Waals surface area (Å²) in [4.78, 5) is 12.4. The number of nitrogens with zero attached hydrogens (tertiary/aromatic N) is 3. The third-order valence-electron chi connectivity index (χ3n) is 2.11. The van der Waals surface area contributed by atoms with Crippen LogP contribution in [0.3, 0.4) is 0 Å². The molecule has 0 aromatic carbocycles. The topological polar surface area (TPSA) is 73.1 Å². The largest absolute Gasteiger partial charge is 0.490 e. The minimum absolute atomic E-state index is 0.522. The molecule has 0 saturated carbocycles. The quantitative estimate of drug-likeness (QED) is 0.805. The molecule has 0 aliphatic heterocycles. The van der Waals surface area contributed by atoms with E-state index in [4.69, 9.17) is 9.15 Å². The Morgan fingerprint density at radius 1 is 1.39 bits per heavy atom. The SMILES string of the molecule is CCCNc1ncnc(Sc2ncco2)c1OC. The maximum atomic E-state index is 5.34. The Bertz CT molecular complexity index is 490. The fraction of sp³-hybridized carbons (Fsp3) is 0.364. The Morgan fingerprint density at radius 3 is 2.94 bits per heavy atom. The molecule has 2 heterocycles. The zero-order valence-electron chi connectivity index (χ0n) is 10.2. The van der Waals surface area contributed by atoms with Crippen LogP contribution in [0.2, 0.25) is 0 Å². The number of ether oxygens (including phenoxy) is 1. The number of oxazole rings is 1. The highest BCUT2D eigenvalue weighted by Crippen LogP contribution is 2.35. The van der Waals surface area contributed by atoms with E-state index in [1.807, 2.05) is 0 Å². The molecule has 0 fully saturated rings. The molecule has 2 rings (SSSR count). The predicted molar refractivity (Wildman–Crippen MR) is 68.0 cm³/mol. The minimum Gasteiger partial charge on any atom is -0.490 e. The van der Waals surface area contributed by atoms with E-state index in [0.717, 1.165) is 13.0 Å². The molecule has 0 amide bonds. The maximum Gasteiger partial charge on any atom is 0.262 e. The van der Waals surface area contributed by atoms with Gasteiger partial charge in [-0.1, -0.05) is 6.92 Å². The Kier molecular flexibility index (Phi) is 4.40. The first-order valence-corrected chi connectivity index (χ1v) is 6.37. The van der Waals surface area contributed by atoms with E-state index >= 15 is 0 Å². The highest BCUT2D eigenvalue weighted by Gasteiger charge is 2.14. The van der Waals surface area contributed by atoms with E-state index in [1.54, 1.807) is 13.3 Å². The maximum absolute atomic E-state index is 5.34. The first-order valence-electron chi connectivity index (χ1n) is 5.55. The summed E-state index contributed by atoms with van der Waals surface area (Å²) in [6.07, 6.45) is 5.61. The fourth-order valence-corrected chi connectivity index (χ4v) is 2.08. The van der Waals surface area contributed by atoms with E-state index in [-0.39, 0.29) is 0 Å². The molecule has 7 heteroatoms. The molecule has 0 radical (unpaired) electrons. The molecule has 0 aliphatic rings. The zero-order valence-corrected chi connectivity index (χ0v) is 11.0. The van der Waals surface area contributed by atoms with Crippen molar-refractivity contribution in [3.63, 3.8) is 0 Å². The van der Waals surface area contributed by atoms with E-state index in [1.165, 1.54) is 24.4 Å². The Balaban J connectivity index is 2.23. The predicted octanol–water partition coefficient (Wildman–Crippen LogP) is 2.45. The van der Waals surface area contributed by atoms with Crippen molar-refractivity contribution in [2.75, 3.05) is 19.0 Å². The first-order chi connectivity index (χ1) is 8.85. The summed E-state index contributed by atoms with van der Waals surface area (Å²) in [5, 5.41) is 4.39. The highest BCUT2D eigenvalue weighted by molar-refractivity contribution is 7.99. The minimum atomic E-state index is 0.522. The van der Waals surface area contributed by atoms with Gasteiger partial charge in [0.25, 0.3) is 5.22 Å². The van der Waals surface area contributed by atoms with Crippen molar-refractivity contribution >= 4 is 17.6 Å². The van der Waals surface area contributed by atoms with E-state index in [0.29, 0.717) is 21.8 Å². The number of hydrogen-bond acceptors (Lipinski definition) is 7. The number of aromatic nitrogens is 3. The van der Waals surface area contributed by atoms with Gasteiger partial charge in [0.1, 0.15) is 12.6 Å². The monoisotopic (exact) mass is 266 g/mol. The molecule has 1 N–H and O–H groups in total. The lowest BCUT2D eigenvalue weighted by Gasteiger charge is -2.11. The third-order valence-corrected chi connectivity index (χ3v) is 2.97. The summed E-state index contributed by atoms with van der Waals surface area (Å²) in [5.41, 5.74) is 0. The van der Waals surface area contributed by atoms with Crippen LogP contribution in [-0.2, 0) is 0 Å². The van der Waals surface area contributed by atoms with Crippen LogP contribution in [0, 0.1) is 0 Å². The molecule has 2 aromatic rings. The van der Waals surface area contributed by atoms with Crippen LogP contribution in [0.1, 0.15) is 13.3 Å². The lowest BCUT2D eigenvalue weighted by Crippen LogP contribution is -2.05. The fourth-order valence-electron chi connectivity index (χ4n) is 1.33. The van der Waals surface area contributed by atoms with Gasteiger partial charge >= 0.3 is 0 Å². The molecular weight excluding hydrogens is 252 g/mol. The van der Waals surface area contributed by atoms with Gasteiger partial charge in [0.15, 0.2) is 16.6 Å². The molecule has 0 aliphatic carbocycles. The van der Waals surface area contributed by atoms with Gasteiger partial charge in [-0.05, 0) is 18.2 Å². The van der Waals surface area contributed by atoms with E-state index in [9.17, 15) is 0 Å². The lowest BCUT2D eigenvalue weighted by molar-refractivity contribution is 0.399. The van der Waals surface area contributed by atoms with Crippen molar-refractivity contribution in [3.05, 3.63) is 18.8 Å². The van der Waals surface area contributed by atoms with Crippen LogP contribution in [0.5, 0.6) is 5.75 Å². The molecular formula is C11H14N4O2S. The summed E-state index contributed by atoms with van der Waals surface area (Å²) < 4.78 is 10.5. The van der Waals surface area contributed by atoms with Gasteiger partial charge in [0.05, 0.1) is 13.3 Å². The van der Waals surface area contributed by atoms with Crippen molar-refractivity contribution in [3.8, 4) is 5.75 Å².